The summed E-state index contributed by atoms with van der Waals surface area (Å²) in [6.07, 6.45) is 8.70. The zero-order valence-corrected chi connectivity index (χ0v) is 15.5. The van der Waals surface area contributed by atoms with E-state index in [2.05, 4.69) is 52.6 Å². The summed E-state index contributed by atoms with van der Waals surface area (Å²) >= 11 is 0. The third-order valence-corrected chi connectivity index (χ3v) is 5.38. The first-order valence-electron chi connectivity index (χ1n) is 9.45. The van der Waals surface area contributed by atoms with E-state index in [1.165, 1.54) is 25.7 Å². The number of hydrogen-bond acceptors (Lipinski definition) is 7. The van der Waals surface area contributed by atoms with Gasteiger partial charge in [-0.1, -0.05) is 42.3 Å². The van der Waals surface area contributed by atoms with Crippen LogP contribution in [0.1, 0.15) is 50.5 Å². The smallest absolute Gasteiger partial charge is 0.204 e. The number of hydrogen-bond donors (Lipinski definition) is 1. The van der Waals surface area contributed by atoms with E-state index in [-0.39, 0.29) is 6.04 Å². The molecule has 0 bridgehead atoms. The average Bonchev–Trinajstić information content (AvgIpc) is 3.53. The molecule has 1 saturated carbocycles. The summed E-state index contributed by atoms with van der Waals surface area (Å²) in [5.41, 5.74) is 2.67. The molecule has 0 spiro atoms. The maximum absolute atomic E-state index is 4.36. The number of tetrazole rings is 1. The van der Waals surface area contributed by atoms with Crippen molar-refractivity contribution in [3.05, 3.63) is 42.6 Å². The molecule has 0 aliphatic heterocycles. The van der Waals surface area contributed by atoms with Crippen LogP contribution in [-0.4, -0.2) is 50.4 Å². The van der Waals surface area contributed by atoms with Crippen LogP contribution in [0.4, 0.5) is 0 Å². The highest BCUT2D eigenvalue weighted by molar-refractivity contribution is 5.64. The molecule has 3 aromatic heterocycles. The molecule has 1 atom stereocenters. The van der Waals surface area contributed by atoms with Crippen LogP contribution in [0, 0.1) is 0 Å². The lowest BCUT2D eigenvalue weighted by atomic mass is 10.1. The van der Waals surface area contributed by atoms with Crippen molar-refractivity contribution in [2.24, 2.45) is 0 Å². The van der Waals surface area contributed by atoms with Crippen molar-refractivity contribution >= 4 is 0 Å². The summed E-state index contributed by atoms with van der Waals surface area (Å²) in [6.45, 7) is 2.08. The standard InChI is InChI=1S/C18H20N10/c1-12(18-23-19-11-27(18)15-4-2-3-5-15)28-10-16(20-26-28)13-6-8-14(9-7-13)17-21-24-25-22-17/h6-12,15H,2-5H2,1H3,(H,21,22,24,25)/t12-/m1/s1. The van der Waals surface area contributed by atoms with Crippen molar-refractivity contribution in [3.63, 3.8) is 0 Å². The summed E-state index contributed by atoms with van der Waals surface area (Å²) in [5.74, 6) is 1.49. The topological polar surface area (TPSA) is 116 Å². The third kappa shape index (κ3) is 2.96. The minimum Gasteiger partial charge on any atom is -0.313 e. The second-order valence-corrected chi connectivity index (χ2v) is 7.11. The average molecular weight is 376 g/mol. The first-order valence-corrected chi connectivity index (χ1v) is 9.45. The van der Waals surface area contributed by atoms with Crippen LogP contribution in [0.3, 0.4) is 0 Å². The normalized spacial score (nSPS) is 15.9. The van der Waals surface area contributed by atoms with Gasteiger partial charge in [-0.25, -0.2) is 4.68 Å². The molecule has 10 nitrogen and oxygen atoms in total. The van der Waals surface area contributed by atoms with Crippen LogP contribution in [0.25, 0.3) is 22.6 Å². The van der Waals surface area contributed by atoms with Crippen molar-refractivity contribution in [1.82, 2.24) is 50.4 Å². The first kappa shape index (κ1) is 16.7. The lowest BCUT2D eigenvalue weighted by Crippen LogP contribution is -2.16. The molecule has 0 amide bonds. The monoisotopic (exact) mass is 376 g/mol. The Labute approximate surface area is 161 Å². The van der Waals surface area contributed by atoms with Gasteiger partial charge in [0.05, 0.1) is 6.20 Å². The predicted molar refractivity (Wildman–Crippen MR) is 100.0 cm³/mol. The molecule has 4 aromatic rings. The zero-order valence-electron chi connectivity index (χ0n) is 15.5. The second kappa shape index (κ2) is 6.95. The summed E-state index contributed by atoms with van der Waals surface area (Å²) < 4.78 is 4.05. The Bertz CT molecular complexity index is 1040. The number of H-pyrrole nitrogens is 1. The van der Waals surface area contributed by atoms with Gasteiger partial charge in [0.25, 0.3) is 0 Å². The van der Waals surface area contributed by atoms with Gasteiger partial charge in [0.1, 0.15) is 18.1 Å². The summed E-state index contributed by atoms with van der Waals surface area (Å²) in [7, 11) is 0. The van der Waals surface area contributed by atoms with E-state index < -0.39 is 0 Å². The van der Waals surface area contributed by atoms with Crippen molar-refractivity contribution in [3.8, 4) is 22.6 Å². The van der Waals surface area contributed by atoms with Crippen LogP contribution < -0.4 is 0 Å². The van der Waals surface area contributed by atoms with Gasteiger partial charge in [0.15, 0.2) is 5.82 Å². The van der Waals surface area contributed by atoms with Gasteiger partial charge >= 0.3 is 0 Å². The van der Waals surface area contributed by atoms with Gasteiger partial charge in [0, 0.05) is 17.2 Å². The molecule has 1 aliphatic carbocycles. The molecule has 5 rings (SSSR count). The SMILES string of the molecule is C[C@H](c1nncn1C1CCCC1)n1cc(-c2ccc(-c3nn[nH]n3)cc2)nn1. The minimum atomic E-state index is -0.0389. The largest absolute Gasteiger partial charge is 0.313 e. The Morgan fingerprint density at radius 1 is 1.04 bits per heavy atom. The highest BCUT2D eigenvalue weighted by Gasteiger charge is 2.24. The van der Waals surface area contributed by atoms with Crippen molar-refractivity contribution in [2.75, 3.05) is 0 Å². The van der Waals surface area contributed by atoms with E-state index in [0.717, 1.165) is 22.6 Å². The van der Waals surface area contributed by atoms with Crippen LogP contribution in [0.15, 0.2) is 36.8 Å². The van der Waals surface area contributed by atoms with Crippen molar-refractivity contribution < 1.29 is 0 Å². The number of aromatic nitrogens is 10. The van der Waals surface area contributed by atoms with Crippen LogP contribution in [0.2, 0.25) is 0 Å². The molecule has 28 heavy (non-hydrogen) atoms. The maximum atomic E-state index is 4.36. The van der Waals surface area contributed by atoms with Gasteiger partial charge in [-0.2, -0.15) is 5.21 Å². The molecule has 0 radical (unpaired) electrons. The number of nitrogens with zero attached hydrogens (tertiary/aromatic N) is 9. The Morgan fingerprint density at radius 2 is 1.82 bits per heavy atom. The molecule has 1 N–H and O–H groups in total. The summed E-state index contributed by atoms with van der Waals surface area (Å²) in [5, 5.41) is 31.2. The van der Waals surface area contributed by atoms with E-state index in [9.17, 15) is 0 Å². The maximum Gasteiger partial charge on any atom is 0.204 e. The second-order valence-electron chi connectivity index (χ2n) is 7.11. The van der Waals surface area contributed by atoms with Gasteiger partial charge in [0.2, 0.25) is 5.82 Å². The minimum absolute atomic E-state index is 0.0389. The fraction of sp³-hybridized carbons (Fsp3) is 0.389. The van der Waals surface area contributed by atoms with Gasteiger partial charge < -0.3 is 4.57 Å². The van der Waals surface area contributed by atoms with Gasteiger partial charge in [-0.05, 0) is 25.0 Å². The van der Waals surface area contributed by atoms with E-state index in [1.54, 1.807) is 0 Å². The Hall–Kier alpha value is -3.43. The van der Waals surface area contributed by atoms with E-state index in [4.69, 9.17) is 0 Å². The van der Waals surface area contributed by atoms with E-state index >= 15 is 0 Å². The molecular formula is C18H20N10. The van der Waals surface area contributed by atoms with Crippen molar-refractivity contribution in [1.29, 1.82) is 0 Å². The molecule has 10 heteroatoms. The van der Waals surface area contributed by atoms with E-state index in [1.807, 2.05) is 41.5 Å². The fourth-order valence-electron chi connectivity index (χ4n) is 3.81. The molecule has 0 saturated heterocycles. The third-order valence-electron chi connectivity index (χ3n) is 5.38. The van der Waals surface area contributed by atoms with Crippen LogP contribution in [0.5, 0.6) is 0 Å². The molecule has 0 unspecified atom stereocenters. The lowest BCUT2D eigenvalue weighted by molar-refractivity contribution is 0.441. The summed E-state index contributed by atoms with van der Waals surface area (Å²) in [6, 6.07) is 8.30. The Balaban J connectivity index is 1.38. The molecule has 1 fully saturated rings. The molecular weight excluding hydrogens is 356 g/mol. The molecule has 3 heterocycles. The van der Waals surface area contributed by atoms with E-state index in [0.29, 0.717) is 11.9 Å². The highest BCUT2D eigenvalue weighted by Crippen LogP contribution is 2.32. The lowest BCUT2D eigenvalue weighted by Gasteiger charge is -2.17. The van der Waals surface area contributed by atoms with Crippen LogP contribution in [-0.2, 0) is 0 Å². The molecule has 1 aliphatic rings. The predicted octanol–water partition coefficient (Wildman–Crippen LogP) is 2.44. The number of benzene rings is 1. The number of rotatable bonds is 5. The van der Waals surface area contributed by atoms with Gasteiger partial charge in [-0.3, -0.25) is 0 Å². The summed E-state index contributed by atoms with van der Waals surface area (Å²) in [4.78, 5) is 0. The highest BCUT2D eigenvalue weighted by atomic mass is 15.5. The Kier molecular flexibility index (Phi) is 4.15. The quantitative estimate of drug-likeness (QED) is 0.568. The van der Waals surface area contributed by atoms with Gasteiger partial charge in [-0.15, -0.1) is 25.5 Å². The molecule has 1 aromatic carbocycles. The van der Waals surface area contributed by atoms with Crippen LogP contribution >= 0.6 is 0 Å². The van der Waals surface area contributed by atoms with Crippen molar-refractivity contribution in [2.45, 2.75) is 44.7 Å². The molecule has 142 valence electrons. The number of nitrogens with one attached hydrogen (secondary N) is 1. The fourth-order valence-corrected chi connectivity index (χ4v) is 3.81. The Morgan fingerprint density at radius 3 is 2.57 bits per heavy atom. The number of aromatic amines is 1. The zero-order chi connectivity index (χ0) is 18.9. The first-order chi connectivity index (χ1) is 13.8.